The Labute approximate surface area is 196 Å². The molecule has 4 rings (SSSR count). The van der Waals surface area contributed by atoms with Crippen molar-refractivity contribution in [3.63, 3.8) is 0 Å². The third kappa shape index (κ3) is 5.03. The Morgan fingerprint density at radius 3 is 2.23 bits per heavy atom. The van der Waals surface area contributed by atoms with Gasteiger partial charge in [-0.2, -0.15) is 0 Å². The van der Waals surface area contributed by atoms with Crippen molar-refractivity contribution in [3.8, 4) is 0 Å². The van der Waals surface area contributed by atoms with Crippen LogP contribution in [-0.4, -0.2) is 24.9 Å². The van der Waals surface area contributed by atoms with E-state index in [2.05, 4.69) is 9.97 Å². The summed E-state index contributed by atoms with van der Waals surface area (Å²) in [6.45, 7) is 0.592. The first kappa shape index (κ1) is 22.1. The molecule has 0 aliphatic rings. The maximum Gasteiger partial charge on any atom is 0.329 e. The van der Waals surface area contributed by atoms with Gasteiger partial charge in [-0.05, 0) is 60.7 Å². The average molecular weight is 493 g/mol. The monoisotopic (exact) mass is 492 g/mol. The van der Waals surface area contributed by atoms with Gasteiger partial charge in [-0.1, -0.05) is 35.0 Å². The number of fused-ring (bicyclic) bond motifs is 1. The lowest BCUT2D eigenvalue weighted by Crippen LogP contribution is -2.29. The van der Waals surface area contributed by atoms with Gasteiger partial charge in [0.25, 0.3) is 5.56 Å². The number of benzene rings is 2. The number of imidazole rings is 1. The Hall–Kier alpha value is -2.13. The Morgan fingerprint density at radius 1 is 0.968 bits per heavy atom. The lowest BCUT2D eigenvalue weighted by atomic mass is 10.4. The number of rotatable bonds is 7. The number of aromatic amines is 1. The molecule has 2 aromatic heterocycles. The summed E-state index contributed by atoms with van der Waals surface area (Å²) in [4.78, 5) is 33.7. The van der Waals surface area contributed by atoms with Crippen molar-refractivity contribution in [2.45, 2.75) is 27.9 Å². The molecule has 0 spiro atoms. The maximum atomic E-state index is 12.6. The summed E-state index contributed by atoms with van der Waals surface area (Å²) in [6.07, 6.45) is 0.815. The molecular weight excluding hydrogens is 475 g/mol. The summed E-state index contributed by atoms with van der Waals surface area (Å²) in [6, 6.07) is 15.1. The zero-order valence-electron chi connectivity index (χ0n) is 16.5. The SMILES string of the molecule is Cn1c(=O)[nH]c(=O)c2c1nc(Sc1ccc(Cl)cc1)n2CCCSc1ccc(Cl)cc1. The van der Waals surface area contributed by atoms with Crippen molar-refractivity contribution in [1.29, 1.82) is 0 Å². The van der Waals surface area contributed by atoms with Gasteiger partial charge in [-0.3, -0.25) is 14.3 Å². The minimum absolute atomic E-state index is 0.371. The van der Waals surface area contributed by atoms with Crippen molar-refractivity contribution in [2.24, 2.45) is 7.05 Å². The van der Waals surface area contributed by atoms with Crippen LogP contribution in [0.4, 0.5) is 0 Å². The van der Waals surface area contributed by atoms with E-state index >= 15 is 0 Å². The number of nitrogens with one attached hydrogen (secondary N) is 1. The second-order valence-electron chi connectivity index (χ2n) is 6.75. The summed E-state index contributed by atoms with van der Waals surface area (Å²) in [5.74, 6) is 0.857. The predicted molar refractivity (Wildman–Crippen MR) is 128 cm³/mol. The van der Waals surface area contributed by atoms with Crippen LogP contribution in [0.15, 0.2) is 73.1 Å². The highest BCUT2D eigenvalue weighted by Crippen LogP contribution is 2.30. The molecule has 0 aliphatic heterocycles. The number of nitrogens with zero attached hydrogens (tertiary/aromatic N) is 3. The molecule has 0 fully saturated rings. The molecule has 2 heterocycles. The molecule has 4 aromatic rings. The van der Waals surface area contributed by atoms with Crippen LogP contribution in [0.2, 0.25) is 10.0 Å². The van der Waals surface area contributed by atoms with E-state index in [1.807, 2.05) is 53.1 Å². The Morgan fingerprint density at radius 2 is 1.58 bits per heavy atom. The standard InChI is InChI=1S/C21H18Cl2N4O2S2/c1-26-18-17(19(28)25-20(26)29)27(11-2-12-30-15-7-3-13(22)4-8-15)21(24-18)31-16-9-5-14(23)6-10-16/h3-10H,2,11-12H2,1H3,(H,25,28,29). The molecule has 31 heavy (non-hydrogen) atoms. The zero-order chi connectivity index (χ0) is 22.0. The van der Waals surface area contributed by atoms with Crippen LogP contribution in [0.5, 0.6) is 0 Å². The normalized spacial score (nSPS) is 11.3. The number of aryl methyl sites for hydroxylation is 2. The first-order valence-corrected chi connectivity index (χ1v) is 12.0. The highest BCUT2D eigenvalue weighted by Gasteiger charge is 2.18. The number of thioether (sulfide) groups is 1. The van der Waals surface area contributed by atoms with E-state index in [1.165, 1.54) is 16.3 Å². The fourth-order valence-electron chi connectivity index (χ4n) is 3.05. The molecule has 160 valence electrons. The Kier molecular flexibility index (Phi) is 6.81. The summed E-state index contributed by atoms with van der Waals surface area (Å²) in [5, 5.41) is 2.01. The second-order valence-corrected chi connectivity index (χ2v) is 9.83. The van der Waals surface area contributed by atoms with E-state index in [1.54, 1.807) is 18.8 Å². The molecule has 0 saturated carbocycles. The topological polar surface area (TPSA) is 72.7 Å². The first-order chi connectivity index (χ1) is 14.9. The molecule has 6 nitrogen and oxygen atoms in total. The maximum absolute atomic E-state index is 12.6. The minimum Gasteiger partial charge on any atom is -0.313 e. The summed E-state index contributed by atoms with van der Waals surface area (Å²) in [7, 11) is 1.60. The van der Waals surface area contributed by atoms with Crippen molar-refractivity contribution >= 4 is 57.9 Å². The van der Waals surface area contributed by atoms with E-state index in [0.29, 0.717) is 32.9 Å². The van der Waals surface area contributed by atoms with Gasteiger partial charge in [0.05, 0.1) is 0 Å². The third-order valence-corrected chi connectivity index (χ3v) is 7.21. The summed E-state index contributed by atoms with van der Waals surface area (Å²) in [5.41, 5.74) is -0.145. The molecule has 0 saturated heterocycles. The molecule has 1 N–H and O–H groups in total. The molecule has 10 heteroatoms. The van der Waals surface area contributed by atoms with Crippen LogP contribution >= 0.6 is 46.7 Å². The van der Waals surface area contributed by atoms with Crippen LogP contribution in [0.3, 0.4) is 0 Å². The zero-order valence-corrected chi connectivity index (χ0v) is 19.6. The molecule has 2 aromatic carbocycles. The van der Waals surface area contributed by atoms with Gasteiger partial charge < -0.3 is 4.57 Å². The second kappa shape index (κ2) is 9.56. The van der Waals surface area contributed by atoms with Gasteiger partial charge in [0.1, 0.15) is 0 Å². The average Bonchev–Trinajstić information content (AvgIpc) is 3.11. The van der Waals surface area contributed by atoms with E-state index in [-0.39, 0.29) is 0 Å². The van der Waals surface area contributed by atoms with Gasteiger partial charge in [0.15, 0.2) is 16.3 Å². The van der Waals surface area contributed by atoms with Crippen LogP contribution in [0.1, 0.15) is 6.42 Å². The molecule has 0 bridgehead atoms. The fourth-order valence-corrected chi connectivity index (χ4v) is 5.05. The molecule has 0 unspecified atom stereocenters. The highest BCUT2D eigenvalue weighted by molar-refractivity contribution is 7.99. The van der Waals surface area contributed by atoms with Gasteiger partial charge in [-0.15, -0.1) is 11.8 Å². The van der Waals surface area contributed by atoms with Crippen LogP contribution in [0, 0.1) is 0 Å². The van der Waals surface area contributed by atoms with Crippen molar-refractivity contribution in [3.05, 3.63) is 79.4 Å². The molecule has 0 aliphatic carbocycles. The van der Waals surface area contributed by atoms with Gasteiger partial charge in [-0.25, -0.2) is 9.78 Å². The van der Waals surface area contributed by atoms with Crippen molar-refractivity contribution < 1.29 is 0 Å². The molecule has 0 radical (unpaired) electrons. The Bertz CT molecular complexity index is 1330. The van der Waals surface area contributed by atoms with Crippen molar-refractivity contribution in [1.82, 2.24) is 19.1 Å². The van der Waals surface area contributed by atoms with E-state index < -0.39 is 11.2 Å². The summed E-state index contributed by atoms with van der Waals surface area (Å²) >= 11 is 15.1. The van der Waals surface area contributed by atoms with E-state index in [9.17, 15) is 9.59 Å². The van der Waals surface area contributed by atoms with Gasteiger partial charge in [0, 0.05) is 33.4 Å². The Balaban J connectivity index is 1.61. The minimum atomic E-state index is -0.483. The quantitative estimate of drug-likeness (QED) is 0.288. The molecule has 0 atom stereocenters. The largest absolute Gasteiger partial charge is 0.329 e. The van der Waals surface area contributed by atoms with Gasteiger partial charge in [0.2, 0.25) is 0 Å². The fraction of sp³-hybridized carbons (Fsp3) is 0.190. The molecule has 0 amide bonds. The van der Waals surface area contributed by atoms with E-state index in [0.717, 1.165) is 22.0 Å². The molecular formula is C21H18Cl2N4O2S2. The number of halogens is 2. The lowest BCUT2D eigenvalue weighted by Gasteiger charge is -2.09. The van der Waals surface area contributed by atoms with Crippen LogP contribution in [0.25, 0.3) is 11.2 Å². The third-order valence-electron chi connectivity index (χ3n) is 4.60. The smallest absolute Gasteiger partial charge is 0.313 e. The summed E-state index contributed by atoms with van der Waals surface area (Å²) < 4.78 is 3.25. The van der Waals surface area contributed by atoms with E-state index in [4.69, 9.17) is 23.2 Å². The van der Waals surface area contributed by atoms with Crippen molar-refractivity contribution in [2.75, 3.05) is 5.75 Å². The number of aromatic nitrogens is 4. The first-order valence-electron chi connectivity index (χ1n) is 9.44. The predicted octanol–water partition coefficient (Wildman–Crippen LogP) is 5.06. The van der Waals surface area contributed by atoms with Crippen LogP contribution in [-0.2, 0) is 13.6 Å². The highest BCUT2D eigenvalue weighted by atomic mass is 35.5. The number of hydrogen-bond donors (Lipinski definition) is 1. The lowest BCUT2D eigenvalue weighted by molar-refractivity contribution is 0.640. The van der Waals surface area contributed by atoms with Crippen LogP contribution < -0.4 is 11.2 Å². The number of hydrogen-bond acceptors (Lipinski definition) is 5. The number of H-pyrrole nitrogens is 1. The van der Waals surface area contributed by atoms with Gasteiger partial charge >= 0.3 is 5.69 Å².